The molecule has 0 fully saturated rings. The van der Waals surface area contributed by atoms with Crippen molar-refractivity contribution in [1.82, 2.24) is 9.55 Å². The Labute approximate surface area is 186 Å². The van der Waals surface area contributed by atoms with Crippen LogP contribution in [0.3, 0.4) is 0 Å². The molecule has 2 heterocycles. The first kappa shape index (κ1) is 21.4. The van der Waals surface area contributed by atoms with Gasteiger partial charge in [-0.3, -0.25) is 14.5 Å². The summed E-state index contributed by atoms with van der Waals surface area (Å²) < 4.78 is 7.36. The molecular weight excluding hydrogens is 414 g/mol. The van der Waals surface area contributed by atoms with E-state index in [4.69, 9.17) is 21.3 Å². The van der Waals surface area contributed by atoms with Gasteiger partial charge in [-0.2, -0.15) is 0 Å². The molecule has 0 bridgehead atoms. The van der Waals surface area contributed by atoms with Gasteiger partial charge in [0.1, 0.15) is 0 Å². The minimum Gasteiger partial charge on any atom is -0.465 e. The van der Waals surface area contributed by atoms with Crippen molar-refractivity contribution in [3.8, 4) is 0 Å². The maximum atomic E-state index is 13.7. The minimum absolute atomic E-state index is 0.208. The number of fused-ring (bicyclic) bond motifs is 3. The molecule has 0 aliphatic carbocycles. The second-order valence-corrected chi connectivity index (χ2v) is 8.61. The number of amides is 1. The lowest BCUT2D eigenvalue weighted by molar-refractivity contribution is -0.153. The molecule has 2 aromatic carbocycles. The lowest BCUT2D eigenvalue weighted by Crippen LogP contribution is -2.50. The molecule has 0 spiro atoms. The molecule has 7 heteroatoms. The van der Waals surface area contributed by atoms with Crippen LogP contribution in [0.15, 0.2) is 48.5 Å². The van der Waals surface area contributed by atoms with Crippen molar-refractivity contribution in [3.63, 3.8) is 0 Å². The highest BCUT2D eigenvalue weighted by Crippen LogP contribution is 2.41. The summed E-state index contributed by atoms with van der Waals surface area (Å²) in [6.45, 7) is 6.66. The highest BCUT2D eigenvalue weighted by molar-refractivity contribution is 6.30. The van der Waals surface area contributed by atoms with E-state index >= 15 is 0 Å². The summed E-state index contributed by atoms with van der Waals surface area (Å²) in [5.74, 6) is -0.835. The van der Waals surface area contributed by atoms with Gasteiger partial charge in [0.05, 0.1) is 23.7 Å². The van der Waals surface area contributed by atoms with E-state index in [0.29, 0.717) is 23.4 Å². The molecule has 1 aliphatic rings. The molecule has 2 atom stereocenters. The van der Waals surface area contributed by atoms with E-state index in [1.54, 1.807) is 24.0 Å². The Balaban J connectivity index is 1.95. The van der Waals surface area contributed by atoms with Crippen LogP contribution in [0.5, 0.6) is 0 Å². The van der Waals surface area contributed by atoms with E-state index in [-0.39, 0.29) is 12.5 Å². The molecule has 3 aromatic rings. The zero-order chi connectivity index (χ0) is 22.1. The maximum absolute atomic E-state index is 13.7. The second kappa shape index (κ2) is 8.71. The third kappa shape index (κ3) is 3.92. The van der Waals surface area contributed by atoms with Gasteiger partial charge < -0.3 is 9.30 Å². The Kier molecular flexibility index (Phi) is 6.01. The minimum atomic E-state index is -1.00. The molecule has 2 unspecified atom stereocenters. The van der Waals surface area contributed by atoms with Crippen molar-refractivity contribution >= 4 is 40.5 Å². The van der Waals surface area contributed by atoms with Crippen molar-refractivity contribution in [2.75, 3.05) is 18.1 Å². The monoisotopic (exact) mass is 439 g/mol. The number of carbonyl (C=O) groups excluding carboxylic acids is 2. The number of esters is 1. The Morgan fingerprint density at radius 1 is 1.16 bits per heavy atom. The van der Waals surface area contributed by atoms with Gasteiger partial charge in [-0.05, 0) is 49.1 Å². The molecule has 0 N–H and O–H groups in total. The summed E-state index contributed by atoms with van der Waals surface area (Å²) in [5.41, 5.74) is 2.46. The number of ether oxygens (including phenoxy) is 1. The van der Waals surface area contributed by atoms with Crippen molar-refractivity contribution in [1.29, 1.82) is 0 Å². The number of halogens is 1. The van der Waals surface area contributed by atoms with Gasteiger partial charge in [0.15, 0.2) is 5.92 Å². The molecule has 162 valence electrons. The Hall–Kier alpha value is -2.86. The summed E-state index contributed by atoms with van der Waals surface area (Å²) in [6.07, 6.45) is 0.802. The summed E-state index contributed by atoms with van der Waals surface area (Å²) in [6, 6.07) is 14.4. The smallest absolute Gasteiger partial charge is 0.321 e. The number of nitrogens with zero attached hydrogens (tertiary/aromatic N) is 3. The molecule has 31 heavy (non-hydrogen) atoms. The van der Waals surface area contributed by atoms with Crippen LogP contribution in [0.2, 0.25) is 5.02 Å². The number of para-hydroxylation sites is 2. The fourth-order valence-corrected chi connectivity index (χ4v) is 4.23. The second-order valence-electron chi connectivity index (χ2n) is 8.17. The normalized spacial score (nSPS) is 18.5. The van der Waals surface area contributed by atoms with Crippen LogP contribution in [0.25, 0.3) is 11.0 Å². The third-order valence-electron chi connectivity index (χ3n) is 5.63. The molecule has 1 aromatic heterocycles. The van der Waals surface area contributed by atoms with Crippen molar-refractivity contribution in [2.45, 2.75) is 33.2 Å². The maximum Gasteiger partial charge on any atom is 0.321 e. The highest BCUT2D eigenvalue weighted by Gasteiger charge is 2.47. The van der Waals surface area contributed by atoms with Crippen LogP contribution in [-0.2, 0) is 14.3 Å². The average molecular weight is 440 g/mol. The first-order valence-corrected chi connectivity index (χ1v) is 11.0. The van der Waals surface area contributed by atoms with E-state index in [1.165, 1.54) is 0 Å². The van der Waals surface area contributed by atoms with E-state index in [0.717, 1.165) is 23.0 Å². The van der Waals surface area contributed by atoms with Crippen LogP contribution in [0.4, 0.5) is 5.95 Å². The molecule has 1 aliphatic heterocycles. The van der Waals surface area contributed by atoms with Crippen LogP contribution in [0.1, 0.15) is 38.8 Å². The Morgan fingerprint density at radius 2 is 1.87 bits per heavy atom. The summed E-state index contributed by atoms with van der Waals surface area (Å²) in [4.78, 5) is 33.2. The van der Waals surface area contributed by atoms with Gasteiger partial charge in [-0.1, -0.05) is 49.7 Å². The molecule has 6 nitrogen and oxygen atoms in total. The van der Waals surface area contributed by atoms with E-state index in [2.05, 4.69) is 13.8 Å². The standard InChI is InChI=1S/C24H26ClN3O3/c1-4-31-23(30)20-21(16-9-11-17(25)12-10-16)28-19-8-6-5-7-18(19)26-24(28)27(22(20)29)14-13-15(2)3/h5-12,15,20-21H,4,13-14H2,1-3H3. The van der Waals surface area contributed by atoms with Crippen LogP contribution in [0, 0.1) is 11.8 Å². The SMILES string of the molecule is CCOC(=O)C1C(=O)N(CCC(C)C)c2nc3ccccc3n2C1c1ccc(Cl)cc1. The van der Waals surface area contributed by atoms with Crippen LogP contribution >= 0.6 is 11.6 Å². The Morgan fingerprint density at radius 3 is 2.55 bits per heavy atom. The lowest BCUT2D eigenvalue weighted by atomic mass is 9.89. The predicted molar refractivity (Wildman–Crippen MR) is 121 cm³/mol. The summed E-state index contributed by atoms with van der Waals surface area (Å²) in [5, 5.41) is 0.591. The van der Waals surface area contributed by atoms with Crippen molar-refractivity contribution in [2.24, 2.45) is 11.8 Å². The molecular formula is C24H26ClN3O3. The lowest BCUT2D eigenvalue weighted by Gasteiger charge is -2.38. The first-order valence-electron chi connectivity index (χ1n) is 10.6. The van der Waals surface area contributed by atoms with Crippen LogP contribution < -0.4 is 4.90 Å². The number of hydrogen-bond donors (Lipinski definition) is 0. The Bertz CT molecular complexity index is 1110. The molecule has 0 saturated heterocycles. The first-order chi connectivity index (χ1) is 14.9. The number of anilines is 1. The summed E-state index contributed by atoms with van der Waals surface area (Å²) in [7, 11) is 0. The fourth-order valence-electron chi connectivity index (χ4n) is 4.11. The highest BCUT2D eigenvalue weighted by atomic mass is 35.5. The fraction of sp³-hybridized carbons (Fsp3) is 0.375. The van der Waals surface area contributed by atoms with Gasteiger partial charge in [0.25, 0.3) is 0 Å². The number of benzene rings is 2. The van der Waals surface area contributed by atoms with E-state index < -0.39 is 17.9 Å². The predicted octanol–water partition coefficient (Wildman–Crippen LogP) is 4.85. The molecule has 4 rings (SSSR count). The molecule has 0 radical (unpaired) electrons. The quantitative estimate of drug-likeness (QED) is 0.406. The number of aromatic nitrogens is 2. The average Bonchev–Trinajstić information content (AvgIpc) is 3.12. The van der Waals surface area contributed by atoms with Crippen molar-refractivity contribution < 1.29 is 14.3 Å². The molecule has 1 amide bonds. The molecule has 0 saturated carbocycles. The number of carbonyl (C=O) groups is 2. The van der Waals surface area contributed by atoms with E-state index in [1.807, 2.05) is 41.0 Å². The zero-order valence-electron chi connectivity index (χ0n) is 17.9. The van der Waals surface area contributed by atoms with Gasteiger partial charge in [-0.25, -0.2) is 4.98 Å². The van der Waals surface area contributed by atoms with Gasteiger partial charge in [0, 0.05) is 11.6 Å². The largest absolute Gasteiger partial charge is 0.465 e. The number of imidazole rings is 1. The van der Waals surface area contributed by atoms with Crippen LogP contribution in [-0.4, -0.2) is 34.6 Å². The summed E-state index contributed by atoms with van der Waals surface area (Å²) >= 11 is 6.11. The zero-order valence-corrected chi connectivity index (χ0v) is 18.7. The third-order valence-corrected chi connectivity index (χ3v) is 5.88. The van der Waals surface area contributed by atoms with E-state index in [9.17, 15) is 9.59 Å². The number of hydrogen-bond acceptors (Lipinski definition) is 4. The van der Waals surface area contributed by atoms with Crippen molar-refractivity contribution in [3.05, 3.63) is 59.1 Å². The number of rotatable bonds is 6. The van der Waals surface area contributed by atoms with Gasteiger partial charge in [0.2, 0.25) is 11.9 Å². The van der Waals surface area contributed by atoms with Gasteiger partial charge in [-0.15, -0.1) is 0 Å². The topological polar surface area (TPSA) is 64.4 Å². The van der Waals surface area contributed by atoms with Gasteiger partial charge >= 0.3 is 5.97 Å².